The average molecular weight is 384 g/mol. The number of hydrogen-bond donors (Lipinski definition) is 0. The van der Waals surface area contributed by atoms with Crippen LogP contribution < -0.4 is 4.74 Å². The molecule has 0 fully saturated rings. The summed E-state index contributed by atoms with van der Waals surface area (Å²) in [6, 6.07) is 22.2. The molecular weight excluding hydrogens is 363 g/mol. The summed E-state index contributed by atoms with van der Waals surface area (Å²) in [5.41, 5.74) is 5.35. The molecule has 0 N–H and O–H groups in total. The molecule has 2 aromatic heterocycles. The number of aryl methyl sites for hydroxylation is 3. The zero-order chi connectivity index (χ0) is 20.1. The Bertz CT molecular complexity index is 1080. The smallest absolute Gasteiger partial charge is 0.219 e. The minimum atomic E-state index is -0.237. The van der Waals surface area contributed by atoms with Gasteiger partial charge < -0.3 is 4.74 Å². The average Bonchev–Trinajstić information content (AvgIpc) is 2.75. The molecule has 0 aliphatic rings. The molecule has 0 aliphatic carbocycles. The quantitative estimate of drug-likeness (QED) is 0.399. The molecule has 144 valence electrons. The van der Waals surface area contributed by atoms with E-state index >= 15 is 0 Å². The van der Waals surface area contributed by atoms with E-state index in [-0.39, 0.29) is 5.82 Å². The maximum Gasteiger partial charge on any atom is 0.219 e. The summed E-state index contributed by atoms with van der Waals surface area (Å²) >= 11 is 0. The Morgan fingerprint density at radius 1 is 0.828 bits per heavy atom. The lowest BCUT2D eigenvalue weighted by atomic mass is 10.0. The standard InChI is InChI=1S/C25H21FN2O/c1-18-20(5-4-19-3-2-16-27-17-19)10-15-25(28-18)29-24-13-8-22(9-14-24)21-6-11-23(26)12-7-21/h2-3,6-17H,4-5H2,1H3. The molecule has 0 amide bonds. The summed E-state index contributed by atoms with van der Waals surface area (Å²) in [4.78, 5) is 8.75. The number of nitrogens with zero attached hydrogens (tertiary/aromatic N) is 2. The molecule has 3 nitrogen and oxygen atoms in total. The van der Waals surface area contributed by atoms with Crippen LogP contribution in [0.5, 0.6) is 11.6 Å². The van der Waals surface area contributed by atoms with Crippen LogP contribution in [-0.4, -0.2) is 9.97 Å². The largest absolute Gasteiger partial charge is 0.439 e. The van der Waals surface area contributed by atoms with Crippen molar-refractivity contribution >= 4 is 0 Å². The zero-order valence-electron chi connectivity index (χ0n) is 16.2. The summed E-state index contributed by atoms with van der Waals surface area (Å²) < 4.78 is 19.0. The highest BCUT2D eigenvalue weighted by Gasteiger charge is 2.06. The van der Waals surface area contributed by atoms with E-state index in [4.69, 9.17) is 4.74 Å². The SMILES string of the molecule is Cc1nc(Oc2ccc(-c3ccc(F)cc3)cc2)ccc1CCc1cccnc1. The fourth-order valence-corrected chi connectivity index (χ4v) is 3.19. The molecule has 29 heavy (non-hydrogen) atoms. The third-order valence-electron chi connectivity index (χ3n) is 4.83. The van der Waals surface area contributed by atoms with Crippen LogP contribution in [0.4, 0.5) is 4.39 Å². The van der Waals surface area contributed by atoms with E-state index in [1.165, 1.54) is 23.3 Å². The number of rotatable bonds is 6. The first-order chi connectivity index (χ1) is 14.2. The first kappa shape index (κ1) is 18.8. The van der Waals surface area contributed by atoms with E-state index in [1.807, 2.05) is 49.5 Å². The van der Waals surface area contributed by atoms with Gasteiger partial charge in [-0.15, -0.1) is 0 Å². The van der Waals surface area contributed by atoms with Crippen molar-refractivity contribution in [1.82, 2.24) is 9.97 Å². The third kappa shape index (κ3) is 4.85. The monoisotopic (exact) mass is 384 g/mol. The van der Waals surface area contributed by atoms with Gasteiger partial charge >= 0.3 is 0 Å². The fraction of sp³-hybridized carbons (Fsp3) is 0.120. The molecule has 0 atom stereocenters. The first-order valence-electron chi connectivity index (χ1n) is 9.57. The van der Waals surface area contributed by atoms with Gasteiger partial charge in [0.1, 0.15) is 11.6 Å². The van der Waals surface area contributed by atoms with Crippen molar-refractivity contribution in [1.29, 1.82) is 0 Å². The van der Waals surface area contributed by atoms with Gasteiger partial charge in [0.05, 0.1) is 0 Å². The maximum atomic E-state index is 13.1. The summed E-state index contributed by atoms with van der Waals surface area (Å²) in [6.45, 7) is 2.00. The van der Waals surface area contributed by atoms with Gasteiger partial charge in [-0.2, -0.15) is 0 Å². The van der Waals surface area contributed by atoms with Crippen LogP contribution in [0.25, 0.3) is 11.1 Å². The predicted octanol–water partition coefficient (Wildman–Crippen LogP) is 6.17. The second-order valence-corrected chi connectivity index (χ2v) is 6.89. The van der Waals surface area contributed by atoms with Crippen LogP contribution in [0.1, 0.15) is 16.8 Å². The molecule has 0 saturated carbocycles. The van der Waals surface area contributed by atoms with Gasteiger partial charge in [0, 0.05) is 24.2 Å². The number of benzene rings is 2. The van der Waals surface area contributed by atoms with Crippen LogP contribution in [-0.2, 0) is 12.8 Å². The number of aromatic nitrogens is 2. The summed E-state index contributed by atoms with van der Waals surface area (Å²) in [5.74, 6) is 1.05. The highest BCUT2D eigenvalue weighted by atomic mass is 19.1. The Morgan fingerprint density at radius 2 is 1.55 bits per heavy atom. The van der Waals surface area contributed by atoms with E-state index in [2.05, 4.69) is 22.1 Å². The molecular formula is C25H21FN2O. The van der Waals surface area contributed by atoms with Gasteiger partial charge in [-0.1, -0.05) is 36.4 Å². The molecule has 4 aromatic rings. The van der Waals surface area contributed by atoms with E-state index in [9.17, 15) is 4.39 Å². The first-order valence-corrected chi connectivity index (χ1v) is 9.57. The molecule has 4 heteroatoms. The Kier molecular flexibility index (Phi) is 5.61. The van der Waals surface area contributed by atoms with Crippen molar-refractivity contribution in [3.8, 4) is 22.8 Å². The molecule has 0 spiro atoms. The van der Waals surface area contributed by atoms with Crippen LogP contribution in [0.15, 0.2) is 85.2 Å². The van der Waals surface area contributed by atoms with Crippen molar-refractivity contribution in [2.45, 2.75) is 19.8 Å². The van der Waals surface area contributed by atoms with Gasteiger partial charge in [-0.25, -0.2) is 9.37 Å². The number of pyridine rings is 2. The van der Waals surface area contributed by atoms with Crippen LogP contribution >= 0.6 is 0 Å². The Labute approximate surface area is 169 Å². The minimum Gasteiger partial charge on any atom is -0.439 e. The molecule has 2 aromatic carbocycles. The van der Waals surface area contributed by atoms with Crippen molar-refractivity contribution in [3.05, 3.63) is 108 Å². The molecule has 4 rings (SSSR count). The minimum absolute atomic E-state index is 0.237. The Hall–Kier alpha value is -3.53. The number of halogens is 1. The summed E-state index contributed by atoms with van der Waals surface area (Å²) in [6.07, 6.45) is 5.53. The van der Waals surface area contributed by atoms with Crippen molar-refractivity contribution in [2.24, 2.45) is 0 Å². The van der Waals surface area contributed by atoms with Crippen molar-refractivity contribution in [2.75, 3.05) is 0 Å². The van der Waals surface area contributed by atoms with Gasteiger partial charge in [-0.3, -0.25) is 4.98 Å². The molecule has 0 saturated heterocycles. The number of hydrogen-bond acceptors (Lipinski definition) is 3. The Morgan fingerprint density at radius 3 is 2.21 bits per heavy atom. The zero-order valence-corrected chi connectivity index (χ0v) is 16.2. The van der Waals surface area contributed by atoms with Crippen molar-refractivity contribution in [3.63, 3.8) is 0 Å². The third-order valence-corrected chi connectivity index (χ3v) is 4.83. The summed E-state index contributed by atoms with van der Waals surface area (Å²) in [7, 11) is 0. The van der Waals surface area contributed by atoms with E-state index in [0.29, 0.717) is 11.6 Å². The fourth-order valence-electron chi connectivity index (χ4n) is 3.19. The normalized spacial score (nSPS) is 10.7. The molecule has 0 aliphatic heterocycles. The van der Waals surface area contributed by atoms with Gasteiger partial charge in [0.15, 0.2) is 0 Å². The summed E-state index contributed by atoms with van der Waals surface area (Å²) in [5, 5.41) is 0. The lowest BCUT2D eigenvalue weighted by Gasteiger charge is -2.10. The second kappa shape index (κ2) is 8.65. The van der Waals surface area contributed by atoms with Crippen LogP contribution in [0, 0.1) is 12.7 Å². The van der Waals surface area contributed by atoms with Gasteiger partial charge in [0.2, 0.25) is 5.88 Å². The van der Waals surface area contributed by atoms with E-state index < -0.39 is 0 Å². The van der Waals surface area contributed by atoms with Gasteiger partial charge in [-0.05, 0) is 72.4 Å². The maximum absolute atomic E-state index is 13.1. The number of ether oxygens (including phenoxy) is 1. The second-order valence-electron chi connectivity index (χ2n) is 6.89. The topological polar surface area (TPSA) is 35.0 Å². The molecule has 2 heterocycles. The highest BCUT2D eigenvalue weighted by Crippen LogP contribution is 2.26. The van der Waals surface area contributed by atoms with Crippen LogP contribution in [0.2, 0.25) is 0 Å². The van der Waals surface area contributed by atoms with E-state index in [0.717, 1.165) is 29.7 Å². The highest BCUT2D eigenvalue weighted by molar-refractivity contribution is 5.64. The van der Waals surface area contributed by atoms with Gasteiger partial charge in [0.25, 0.3) is 0 Å². The Balaban J connectivity index is 1.41. The molecule has 0 unspecified atom stereocenters. The molecule has 0 bridgehead atoms. The van der Waals surface area contributed by atoms with Crippen LogP contribution in [0.3, 0.4) is 0 Å². The lowest BCUT2D eigenvalue weighted by Crippen LogP contribution is -1.98. The lowest BCUT2D eigenvalue weighted by molar-refractivity contribution is 0.461. The predicted molar refractivity (Wildman–Crippen MR) is 113 cm³/mol. The molecule has 0 radical (unpaired) electrons. The van der Waals surface area contributed by atoms with Crippen molar-refractivity contribution < 1.29 is 9.13 Å². The van der Waals surface area contributed by atoms with E-state index in [1.54, 1.807) is 18.3 Å².